The summed E-state index contributed by atoms with van der Waals surface area (Å²) in [4.78, 5) is 0. The summed E-state index contributed by atoms with van der Waals surface area (Å²) in [5.41, 5.74) is 3.07. The smallest absolute Gasteiger partial charge is 0.0641 e. The van der Waals surface area contributed by atoms with E-state index in [-0.39, 0.29) is 6.61 Å². The number of allylic oxidation sites excluding steroid dienone is 2. The third-order valence-electron chi connectivity index (χ3n) is 5.00. The topological polar surface area (TPSA) is 20.2 Å². The molecule has 0 spiro atoms. The van der Waals surface area contributed by atoms with E-state index in [4.69, 9.17) is 0 Å². The molecule has 0 radical (unpaired) electrons. The first-order valence-electron chi connectivity index (χ1n) is 6.56. The summed E-state index contributed by atoms with van der Waals surface area (Å²) in [7, 11) is 0. The summed E-state index contributed by atoms with van der Waals surface area (Å²) in [6.07, 6.45) is 8.72. The second-order valence-electron chi connectivity index (χ2n) is 5.89. The van der Waals surface area contributed by atoms with Crippen molar-refractivity contribution >= 4 is 0 Å². The van der Waals surface area contributed by atoms with Crippen molar-refractivity contribution < 1.29 is 5.11 Å². The van der Waals surface area contributed by atoms with Gasteiger partial charge in [0, 0.05) is 0 Å². The lowest BCUT2D eigenvalue weighted by molar-refractivity contribution is 0.148. The van der Waals surface area contributed by atoms with Crippen LogP contribution in [0.15, 0.2) is 23.8 Å². The molecule has 2 aliphatic rings. The van der Waals surface area contributed by atoms with Crippen LogP contribution < -0.4 is 0 Å². The third kappa shape index (κ3) is 1.86. The summed E-state index contributed by atoms with van der Waals surface area (Å²) in [6, 6.07) is 0. The van der Waals surface area contributed by atoms with Gasteiger partial charge in [0.05, 0.1) is 6.61 Å². The molecule has 0 amide bonds. The zero-order valence-corrected chi connectivity index (χ0v) is 10.6. The van der Waals surface area contributed by atoms with Crippen molar-refractivity contribution in [1.29, 1.82) is 0 Å². The van der Waals surface area contributed by atoms with Crippen LogP contribution in [0.5, 0.6) is 0 Å². The van der Waals surface area contributed by atoms with Crippen LogP contribution in [-0.4, -0.2) is 11.7 Å². The maximum atomic E-state index is 9.21. The van der Waals surface area contributed by atoms with Gasteiger partial charge in [-0.2, -0.15) is 0 Å². The Kier molecular flexibility index (Phi) is 3.25. The molecule has 3 atom stereocenters. The van der Waals surface area contributed by atoms with Gasteiger partial charge < -0.3 is 5.11 Å². The van der Waals surface area contributed by atoms with Gasteiger partial charge in [0.25, 0.3) is 0 Å². The number of hydrogen-bond donors (Lipinski definition) is 1. The zero-order valence-electron chi connectivity index (χ0n) is 10.6. The number of rotatable bonds is 2. The molecule has 0 heterocycles. The molecule has 1 fully saturated rings. The number of aliphatic hydroxyl groups is 1. The SMILES string of the molecule is C=C(CO)[C@H]1CC=C2CCC[C@@H](C)[C@]2(C)C1. The Morgan fingerprint density at radius 2 is 2.38 bits per heavy atom. The highest BCUT2D eigenvalue weighted by atomic mass is 16.3. The fourth-order valence-electron chi connectivity index (χ4n) is 3.51. The fraction of sp³-hybridized carbons (Fsp3) is 0.733. The van der Waals surface area contributed by atoms with Crippen molar-refractivity contribution in [2.75, 3.05) is 6.61 Å². The van der Waals surface area contributed by atoms with Crippen LogP contribution in [0.4, 0.5) is 0 Å². The van der Waals surface area contributed by atoms with Crippen molar-refractivity contribution in [2.24, 2.45) is 17.3 Å². The van der Waals surface area contributed by atoms with Crippen LogP contribution in [0.2, 0.25) is 0 Å². The van der Waals surface area contributed by atoms with Gasteiger partial charge in [-0.25, -0.2) is 0 Å². The summed E-state index contributed by atoms with van der Waals surface area (Å²) in [6.45, 7) is 8.96. The van der Waals surface area contributed by atoms with E-state index in [1.165, 1.54) is 25.7 Å². The van der Waals surface area contributed by atoms with E-state index in [9.17, 15) is 5.11 Å². The molecule has 1 nitrogen and oxygen atoms in total. The maximum Gasteiger partial charge on any atom is 0.0641 e. The van der Waals surface area contributed by atoms with Gasteiger partial charge in [-0.15, -0.1) is 0 Å². The molecule has 0 saturated heterocycles. The van der Waals surface area contributed by atoms with Crippen molar-refractivity contribution in [3.8, 4) is 0 Å². The van der Waals surface area contributed by atoms with E-state index >= 15 is 0 Å². The average Bonchev–Trinajstić information content (AvgIpc) is 2.29. The lowest BCUT2D eigenvalue weighted by Gasteiger charge is -2.47. The molecule has 0 bridgehead atoms. The molecule has 2 aliphatic carbocycles. The fourth-order valence-corrected chi connectivity index (χ4v) is 3.51. The summed E-state index contributed by atoms with van der Waals surface area (Å²) >= 11 is 0. The van der Waals surface area contributed by atoms with E-state index in [1.807, 2.05) is 0 Å². The normalized spacial score (nSPS) is 38.8. The van der Waals surface area contributed by atoms with Gasteiger partial charge in [-0.3, -0.25) is 0 Å². The Balaban J connectivity index is 2.21. The second-order valence-corrected chi connectivity index (χ2v) is 5.89. The standard InChI is InChI=1S/C15H24O/c1-11(10-16)13-7-8-14-6-4-5-12(2)15(14,3)9-13/h8,12-13,16H,1,4-7,9-10H2,2-3H3/t12-,13+,15+/m1/s1. The molecular formula is C15H24O. The first-order chi connectivity index (χ1) is 7.58. The number of hydrogen-bond acceptors (Lipinski definition) is 1. The lowest BCUT2D eigenvalue weighted by atomic mass is 9.58. The molecule has 1 heteroatoms. The molecule has 90 valence electrons. The van der Waals surface area contributed by atoms with Gasteiger partial charge in [-0.05, 0) is 54.9 Å². The van der Waals surface area contributed by atoms with Crippen molar-refractivity contribution in [3.63, 3.8) is 0 Å². The monoisotopic (exact) mass is 220 g/mol. The van der Waals surface area contributed by atoms with Crippen LogP contribution in [0.3, 0.4) is 0 Å². The van der Waals surface area contributed by atoms with Crippen LogP contribution in [-0.2, 0) is 0 Å². The largest absolute Gasteiger partial charge is 0.392 e. The molecule has 0 aromatic rings. The molecular weight excluding hydrogens is 196 g/mol. The summed E-state index contributed by atoms with van der Waals surface area (Å²) < 4.78 is 0. The Morgan fingerprint density at radius 3 is 3.06 bits per heavy atom. The highest BCUT2D eigenvalue weighted by Gasteiger charge is 2.41. The van der Waals surface area contributed by atoms with Gasteiger partial charge >= 0.3 is 0 Å². The molecule has 2 rings (SSSR count). The van der Waals surface area contributed by atoms with E-state index in [2.05, 4.69) is 26.5 Å². The molecule has 1 saturated carbocycles. The van der Waals surface area contributed by atoms with Crippen LogP contribution >= 0.6 is 0 Å². The van der Waals surface area contributed by atoms with E-state index < -0.39 is 0 Å². The summed E-state index contributed by atoms with van der Waals surface area (Å²) in [5, 5.41) is 9.21. The minimum Gasteiger partial charge on any atom is -0.392 e. The zero-order chi connectivity index (χ0) is 11.8. The van der Waals surface area contributed by atoms with Gasteiger partial charge in [0.1, 0.15) is 0 Å². The Labute approximate surface area is 99.3 Å². The molecule has 0 unspecified atom stereocenters. The Morgan fingerprint density at radius 1 is 1.62 bits per heavy atom. The molecule has 0 aliphatic heterocycles. The lowest BCUT2D eigenvalue weighted by Crippen LogP contribution is -2.36. The van der Waals surface area contributed by atoms with E-state index in [0.29, 0.717) is 11.3 Å². The molecule has 0 aromatic heterocycles. The minimum atomic E-state index is 0.151. The highest BCUT2D eigenvalue weighted by Crippen LogP contribution is 2.52. The predicted octanol–water partition coefficient (Wildman–Crippen LogP) is 3.70. The van der Waals surface area contributed by atoms with E-state index in [0.717, 1.165) is 17.9 Å². The molecule has 1 N–H and O–H groups in total. The van der Waals surface area contributed by atoms with Crippen LogP contribution in [0.1, 0.15) is 46.0 Å². The van der Waals surface area contributed by atoms with Crippen molar-refractivity contribution in [2.45, 2.75) is 46.0 Å². The third-order valence-corrected chi connectivity index (χ3v) is 5.00. The van der Waals surface area contributed by atoms with Gasteiger partial charge in [0.2, 0.25) is 0 Å². The number of aliphatic hydroxyl groups excluding tert-OH is 1. The molecule has 16 heavy (non-hydrogen) atoms. The van der Waals surface area contributed by atoms with Crippen molar-refractivity contribution in [3.05, 3.63) is 23.8 Å². The van der Waals surface area contributed by atoms with Gasteiger partial charge in [0.15, 0.2) is 0 Å². The van der Waals surface area contributed by atoms with Crippen molar-refractivity contribution in [1.82, 2.24) is 0 Å². The summed E-state index contributed by atoms with van der Waals surface area (Å²) in [5.74, 6) is 1.28. The minimum absolute atomic E-state index is 0.151. The van der Waals surface area contributed by atoms with Gasteiger partial charge in [-0.1, -0.05) is 32.1 Å². The molecule has 0 aromatic carbocycles. The first-order valence-corrected chi connectivity index (χ1v) is 6.56. The van der Waals surface area contributed by atoms with E-state index in [1.54, 1.807) is 5.57 Å². The highest BCUT2D eigenvalue weighted by molar-refractivity contribution is 5.24. The second kappa shape index (κ2) is 4.37. The first kappa shape index (κ1) is 11.9. The number of fused-ring (bicyclic) bond motifs is 1. The Bertz CT molecular complexity index is 315. The average molecular weight is 220 g/mol. The van der Waals surface area contributed by atoms with Crippen LogP contribution in [0, 0.1) is 17.3 Å². The quantitative estimate of drug-likeness (QED) is 0.704. The van der Waals surface area contributed by atoms with Crippen LogP contribution in [0.25, 0.3) is 0 Å². The Hall–Kier alpha value is -0.560. The maximum absolute atomic E-state index is 9.21. The predicted molar refractivity (Wildman–Crippen MR) is 68.2 cm³/mol.